The van der Waals surface area contributed by atoms with Gasteiger partial charge in [-0.15, -0.1) is 0 Å². The molecule has 0 spiro atoms. The summed E-state index contributed by atoms with van der Waals surface area (Å²) in [5.74, 6) is 1.22. The summed E-state index contributed by atoms with van der Waals surface area (Å²) in [6, 6.07) is 10.1. The van der Waals surface area contributed by atoms with Gasteiger partial charge >= 0.3 is 6.03 Å². The Bertz CT molecular complexity index is 516. The van der Waals surface area contributed by atoms with Gasteiger partial charge in [-0.3, -0.25) is 0 Å². The van der Waals surface area contributed by atoms with Crippen molar-refractivity contribution >= 4 is 17.4 Å². The minimum atomic E-state index is -0.345. The van der Waals surface area contributed by atoms with Gasteiger partial charge < -0.3 is 20.1 Å². The highest BCUT2D eigenvalue weighted by Gasteiger charge is 2.03. The van der Waals surface area contributed by atoms with E-state index in [4.69, 9.17) is 9.47 Å². The number of hydrogen-bond donors (Lipinski definition) is 2. The van der Waals surface area contributed by atoms with Gasteiger partial charge in [-0.25, -0.2) is 9.78 Å². The van der Waals surface area contributed by atoms with E-state index in [9.17, 15) is 4.79 Å². The molecule has 2 amide bonds. The molecule has 104 valence electrons. The number of benzene rings is 1. The molecule has 0 unspecified atom stereocenters. The molecule has 20 heavy (non-hydrogen) atoms. The van der Waals surface area contributed by atoms with Crippen molar-refractivity contribution in [3.8, 4) is 11.6 Å². The van der Waals surface area contributed by atoms with Crippen LogP contribution in [0, 0.1) is 0 Å². The number of urea groups is 1. The second kappa shape index (κ2) is 6.42. The Kier molecular flexibility index (Phi) is 4.39. The molecule has 6 heteroatoms. The third-order valence-electron chi connectivity index (χ3n) is 2.55. The third kappa shape index (κ3) is 3.61. The maximum atomic E-state index is 11.8. The van der Waals surface area contributed by atoms with Crippen LogP contribution < -0.4 is 20.1 Å². The summed E-state index contributed by atoms with van der Waals surface area (Å²) in [6.07, 6.45) is 1.52. The first-order valence-corrected chi connectivity index (χ1v) is 5.93. The molecule has 0 aliphatic heterocycles. The lowest BCUT2D eigenvalue weighted by atomic mass is 10.3. The number of carbonyl (C=O) groups excluding carboxylic acids is 1. The average Bonchev–Trinajstić information content (AvgIpc) is 2.49. The first-order chi connectivity index (χ1) is 9.71. The molecule has 0 radical (unpaired) electrons. The number of hydrogen-bond acceptors (Lipinski definition) is 4. The summed E-state index contributed by atoms with van der Waals surface area (Å²) in [7, 11) is 3.12. The molecule has 0 saturated carbocycles. The standard InChI is InChI=1S/C14H15N3O3/c1-19-12-6-3-10(4-7-12)16-14(18)17-11-5-8-13(20-2)15-9-11/h3-9H,1-2H3,(H2,16,17,18). The van der Waals surface area contributed by atoms with Crippen molar-refractivity contribution in [3.63, 3.8) is 0 Å². The van der Waals surface area contributed by atoms with E-state index in [-0.39, 0.29) is 6.03 Å². The van der Waals surface area contributed by atoms with Gasteiger partial charge in [0.1, 0.15) is 5.75 Å². The van der Waals surface area contributed by atoms with Gasteiger partial charge in [0.2, 0.25) is 5.88 Å². The lowest BCUT2D eigenvalue weighted by Gasteiger charge is -2.08. The third-order valence-corrected chi connectivity index (χ3v) is 2.55. The Balaban J connectivity index is 1.93. The molecule has 2 rings (SSSR count). The highest BCUT2D eigenvalue weighted by atomic mass is 16.5. The minimum absolute atomic E-state index is 0.345. The monoisotopic (exact) mass is 273 g/mol. The molecule has 1 aromatic heterocycles. The van der Waals surface area contributed by atoms with Gasteiger partial charge in [-0.05, 0) is 30.3 Å². The van der Waals surface area contributed by atoms with Crippen molar-refractivity contribution in [1.82, 2.24) is 4.98 Å². The summed E-state index contributed by atoms with van der Waals surface area (Å²) in [6.45, 7) is 0. The zero-order chi connectivity index (χ0) is 14.4. The first-order valence-electron chi connectivity index (χ1n) is 5.93. The van der Waals surface area contributed by atoms with E-state index in [1.807, 2.05) is 0 Å². The summed E-state index contributed by atoms with van der Waals surface area (Å²) >= 11 is 0. The van der Waals surface area contributed by atoms with E-state index in [1.165, 1.54) is 13.3 Å². The smallest absolute Gasteiger partial charge is 0.323 e. The molecule has 2 N–H and O–H groups in total. The molecule has 0 fully saturated rings. The molecule has 2 aromatic rings. The number of nitrogens with one attached hydrogen (secondary N) is 2. The highest BCUT2D eigenvalue weighted by molar-refractivity contribution is 5.99. The van der Waals surface area contributed by atoms with Gasteiger partial charge in [0, 0.05) is 11.8 Å². The summed E-state index contributed by atoms with van der Waals surface area (Å²) in [4.78, 5) is 15.8. The van der Waals surface area contributed by atoms with Crippen LogP contribution in [0.25, 0.3) is 0 Å². The summed E-state index contributed by atoms with van der Waals surface area (Å²) in [5, 5.41) is 5.38. The number of ether oxygens (including phenoxy) is 2. The van der Waals surface area contributed by atoms with Crippen LogP contribution in [0.3, 0.4) is 0 Å². The molecule has 0 saturated heterocycles. The summed E-state index contributed by atoms with van der Waals surface area (Å²) < 4.78 is 9.98. The Labute approximate surface area is 116 Å². The van der Waals surface area contributed by atoms with Crippen LogP contribution in [0.15, 0.2) is 42.6 Å². The lowest BCUT2D eigenvalue weighted by Crippen LogP contribution is -2.19. The van der Waals surface area contributed by atoms with E-state index in [0.29, 0.717) is 17.3 Å². The van der Waals surface area contributed by atoms with Gasteiger partial charge in [-0.1, -0.05) is 0 Å². The maximum Gasteiger partial charge on any atom is 0.323 e. The van der Waals surface area contributed by atoms with Crippen LogP contribution in [-0.2, 0) is 0 Å². The number of anilines is 2. The van der Waals surface area contributed by atoms with Gasteiger partial charge in [-0.2, -0.15) is 0 Å². The number of pyridine rings is 1. The quantitative estimate of drug-likeness (QED) is 0.898. The molecule has 0 atom stereocenters. The first kappa shape index (κ1) is 13.7. The van der Waals surface area contributed by atoms with Crippen molar-refractivity contribution in [2.45, 2.75) is 0 Å². The van der Waals surface area contributed by atoms with Crippen molar-refractivity contribution in [2.24, 2.45) is 0 Å². The maximum absolute atomic E-state index is 11.8. The van der Waals surface area contributed by atoms with Crippen LogP contribution in [0.4, 0.5) is 16.2 Å². The molecule has 0 bridgehead atoms. The fourth-order valence-corrected chi connectivity index (χ4v) is 1.54. The van der Waals surface area contributed by atoms with Crippen LogP contribution in [0.2, 0.25) is 0 Å². The molecular formula is C14H15N3O3. The van der Waals surface area contributed by atoms with E-state index in [0.717, 1.165) is 5.75 Å². The minimum Gasteiger partial charge on any atom is -0.497 e. The lowest BCUT2D eigenvalue weighted by molar-refractivity contribution is 0.262. The van der Waals surface area contributed by atoms with Crippen molar-refractivity contribution in [3.05, 3.63) is 42.6 Å². The van der Waals surface area contributed by atoms with Crippen LogP contribution in [0.1, 0.15) is 0 Å². The van der Waals surface area contributed by atoms with E-state index in [2.05, 4.69) is 15.6 Å². The van der Waals surface area contributed by atoms with E-state index < -0.39 is 0 Å². The zero-order valence-electron chi connectivity index (χ0n) is 11.2. The number of aromatic nitrogens is 1. The number of nitrogens with zero attached hydrogens (tertiary/aromatic N) is 1. The van der Waals surface area contributed by atoms with Crippen LogP contribution in [-0.4, -0.2) is 25.2 Å². The predicted octanol–water partition coefficient (Wildman–Crippen LogP) is 2.74. The van der Waals surface area contributed by atoms with Gasteiger partial charge in [0.15, 0.2) is 0 Å². The number of carbonyl (C=O) groups is 1. The zero-order valence-corrected chi connectivity index (χ0v) is 11.2. The van der Waals surface area contributed by atoms with Crippen molar-refractivity contribution < 1.29 is 14.3 Å². The Morgan fingerprint density at radius 3 is 2.15 bits per heavy atom. The Morgan fingerprint density at radius 2 is 1.60 bits per heavy atom. The SMILES string of the molecule is COc1ccc(NC(=O)Nc2ccc(OC)nc2)cc1. The van der Waals surface area contributed by atoms with E-state index >= 15 is 0 Å². The van der Waals surface area contributed by atoms with Crippen LogP contribution >= 0.6 is 0 Å². The second-order valence-corrected chi connectivity index (χ2v) is 3.90. The van der Waals surface area contributed by atoms with Crippen molar-refractivity contribution in [1.29, 1.82) is 0 Å². The molecule has 6 nitrogen and oxygen atoms in total. The highest BCUT2D eigenvalue weighted by Crippen LogP contribution is 2.16. The molecule has 1 aromatic carbocycles. The molecular weight excluding hydrogens is 258 g/mol. The molecule has 0 aliphatic carbocycles. The van der Waals surface area contributed by atoms with Crippen molar-refractivity contribution in [2.75, 3.05) is 24.9 Å². The fraction of sp³-hybridized carbons (Fsp3) is 0.143. The normalized spacial score (nSPS) is 9.70. The van der Waals surface area contributed by atoms with Gasteiger partial charge in [0.05, 0.1) is 26.1 Å². The second-order valence-electron chi connectivity index (χ2n) is 3.90. The Morgan fingerprint density at radius 1 is 0.950 bits per heavy atom. The largest absolute Gasteiger partial charge is 0.497 e. The molecule has 0 aliphatic rings. The number of amides is 2. The molecule has 1 heterocycles. The summed E-state index contributed by atoms with van der Waals surface area (Å²) in [5.41, 5.74) is 1.25. The Hall–Kier alpha value is -2.76. The number of methoxy groups -OCH3 is 2. The fourth-order valence-electron chi connectivity index (χ4n) is 1.54. The van der Waals surface area contributed by atoms with Gasteiger partial charge in [0.25, 0.3) is 0 Å². The topological polar surface area (TPSA) is 72.5 Å². The average molecular weight is 273 g/mol. The van der Waals surface area contributed by atoms with Crippen LogP contribution in [0.5, 0.6) is 11.6 Å². The van der Waals surface area contributed by atoms with E-state index in [1.54, 1.807) is 43.5 Å². The number of rotatable bonds is 4. The predicted molar refractivity (Wildman–Crippen MR) is 76.4 cm³/mol.